The standard InChI is InChI=1S/C15H13N3O/c1-11-7-13(10-17-9-11)15(19)18-14(8-16)12-5-3-2-4-6-12/h2-7,9-10,14H,1H3,(H,18,19). The molecule has 4 heteroatoms. The highest BCUT2D eigenvalue weighted by Crippen LogP contribution is 2.12. The maximum absolute atomic E-state index is 12.0. The molecular formula is C15H13N3O. The van der Waals surface area contributed by atoms with Gasteiger partial charge in [-0.1, -0.05) is 30.3 Å². The van der Waals surface area contributed by atoms with Crippen molar-refractivity contribution in [1.82, 2.24) is 10.3 Å². The Labute approximate surface area is 111 Å². The third-order valence-electron chi connectivity index (χ3n) is 2.67. The van der Waals surface area contributed by atoms with E-state index in [1.165, 1.54) is 6.20 Å². The second kappa shape index (κ2) is 5.78. The smallest absolute Gasteiger partial charge is 0.254 e. The summed E-state index contributed by atoms with van der Waals surface area (Å²) in [5.74, 6) is -0.299. The minimum absolute atomic E-state index is 0.299. The van der Waals surface area contributed by atoms with Crippen molar-refractivity contribution in [3.8, 4) is 6.07 Å². The summed E-state index contributed by atoms with van der Waals surface area (Å²) in [5, 5.41) is 11.8. The first-order valence-corrected chi connectivity index (χ1v) is 5.88. The average molecular weight is 251 g/mol. The molecule has 0 aliphatic heterocycles. The first-order chi connectivity index (χ1) is 9.20. The number of amides is 1. The Morgan fingerprint density at radius 3 is 2.68 bits per heavy atom. The van der Waals surface area contributed by atoms with E-state index in [0.717, 1.165) is 11.1 Å². The number of nitrogens with zero attached hydrogens (tertiary/aromatic N) is 2. The maximum atomic E-state index is 12.0. The Kier molecular flexibility index (Phi) is 3.89. The van der Waals surface area contributed by atoms with Crippen LogP contribution in [0.1, 0.15) is 27.5 Å². The number of aromatic nitrogens is 1. The molecule has 1 heterocycles. The van der Waals surface area contributed by atoms with Crippen molar-refractivity contribution in [2.75, 3.05) is 0 Å². The van der Waals surface area contributed by atoms with Crippen molar-refractivity contribution in [3.63, 3.8) is 0 Å². The molecule has 0 saturated carbocycles. The van der Waals surface area contributed by atoms with Crippen LogP contribution in [0.15, 0.2) is 48.8 Å². The average Bonchev–Trinajstić information content (AvgIpc) is 2.45. The number of benzene rings is 1. The van der Waals surface area contributed by atoms with E-state index in [4.69, 9.17) is 5.26 Å². The molecule has 1 N–H and O–H groups in total. The highest BCUT2D eigenvalue weighted by Gasteiger charge is 2.14. The van der Waals surface area contributed by atoms with Crippen LogP contribution in [0.2, 0.25) is 0 Å². The van der Waals surface area contributed by atoms with Gasteiger partial charge in [0.2, 0.25) is 0 Å². The van der Waals surface area contributed by atoms with Gasteiger partial charge in [-0.15, -0.1) is 0 Å². The molecule has 1 unspecified atom stereocenters. The van der Waals surface area contributed by atoms with Crippen molar-refractivity contribution >= 4 is 5.91 Å². The Bertz CT molecular complexity index is 617. The number of pyridine rings is 1. The van der Waals surface area contributed by atoms with Gasteiger partial charge >= 0.3 is 0 Å². The molecule has 0 aliphatic rings. The topological polar surface area (TPSA) is 65.8 Å². The predicted molar refractivity (Wildman–Crippen MR) is 71.2 cm³/mol. The highest BCUT2D eigenvalue weighted by molar-refractivity contribution is 5.94. The minimum atomic E-state index is -0.658. The third-order valence-corrected chi connectivity index (χ3v) is 2.67. The number of nitriles is 1. The number of rotatable bonds is 3. The van der Waals surface area contributed by atoms with Crippen LogP contribution in [-0.4, -0.2) is 10.9 Å². The molecule has 4 nitrogen and oxygen atoms in total. The third kappa shape index (κ3) is 3.17. The molecule has 0 spiro atoms. The van der Waals surface area contributed by atoms with E-state index in [-0.39, 0.29) is 5.91 Å². The molecule has 2 aromatic rings. The minimum Gasteiger partial charge on any atom is -0.332 e. The van der Waals surface area contributed by atoms with E-state index in [1.54, 1.807) is 12.3 Å². The molecule has 1 atom stereocenters. The lowest BCUT2D eigenvalue weighted by Crippen LogP contribution is -2.27. The number of carbonyl (C=O) groups excluding carboxylic acids is 1. The van der Waals surface area contributed by atoms with E-state index >= 15 is 0 Å². The SMILES string of the molecule is Cc1cncc(C(=O)NC(C#N)c2ccccc2)c1. The fourth-order valence-electron chi connectivity index (χ4n) is 1.73. The molecule has 1 amide bonds. The molecule has 0 radical (unpaired) electrons. The Hall–Kier alpha value is -2.67. The van der Waals surface area contributed by atoms with Crippen LogP contribution in [0, 0.1) is 18.3 Å². The van der Waals surface area contributed by atoms with E-state index in [1.807, 2.05) is 37.3 Å². The number of carbonyl (C=O) groups is 1. The Balaban J connectivity index is 2.16. The van der Waals surface area contributed by atoms with Crippen LogP contribution in [0.25, 0.3) is 0 Å². The van der Waals surface area contributed by atoms with Crippen LogP contribution in [0.5, 0.6) is 0 Å². The van der Waals surface area contributed by atoms with E-state index in [0.29, 0.717) is 5.56 Å². The molecule has 94 valence electrons. The number of hydrogen-bond acceptors (Lipinski definition) is 3. The van der Waals surface area contributed by atoms with Gasteiger partial charge in [0.05, 0.1) is 11.6 Å². The molecule has 19 heavy (non-hydrogen) atoms. The van der Waals surface area contributed by atoms with Gasteiger partial charge in [0.25, 0.3) is 5.91 Å². The zero-order valence-electron chi connectivity index (χ0n) is 10.5. The van der Waals surface area contributed by atoms with Gasteiger partial charge in [-0.3, -0.25) is 9.78 Å². The van der Waals surface area contributed by atoms with Gasteiger partial charge in [-0.05, 0) is 24.1 Å². The van der Waals surface area contributed by atoms with Gasteiger partial charge in [-0.25, -0.2) is 0 Å². The lowest BCUT2D eigenvalue weighted by atomic mass is 10.1. The van der Waals surface area contributed by atoms with Crippen LogP contribution in [0.4, 0.5) is 0 Å². The zero-order chi connectivity index (χ0) is 13.7. The van der Waals surface area contributed by atoms with Crippen LogP contribution >= 0.6 is 0 Å². The summed E-state index contributed by atoms with van der Waals surface area (Å²) in [6.07, 6.45) is 3.16. The van der Waals surface area contributed by atoms with Crippen molar-refractivity contribution in [3.05, 3.63) is 65.5 Å². The molecular weight excluding hydrogens is 238 g/mol. The van der Waals surface area contributed by atoms with Crippen LogP contribution in [0.3, 0.4) is 0 Å². The molecule has 0 aliphatic carbocycles. The van der Waals surface area contributed by atoms with Crippen LogP contribution < -0.4 is 5.32 Å². The number of hydrogen-bond donors (Lipinski definition) is 1. The largest absolute Gasteiger partial charge is 0.332 e. The quantitative estimate of drug-likeness (QED) is 0.910. The fourth-order valence-corrected chi connectivity index (χ4v) is 1.73. The highest BCUT2D eigenvalue weighted by atomic mass is 16.1. The van der Waals surface area contributed by atoms with Gasteiger partial charge in [-0.2, -0.15) is 5.26 Å². The van der Waals surface area contributed by atoms with Gasteiger partial charge < -0.3 is 5.32 Å². The molecule has 1 aromatic heterocycles. The van der Waals surface area contributed by atoms with Crippen molar-refractivity contribution in [2.45, 2.75) is 13.0 Å². The van der Waals surface area contributed by atoms with E-state index in [2.05, 4.69) is 16.4 Å². The molecule has 1 aromatic carbocycles. The summed E-state index contributed by atoms with van der Waals surface area (Å²) in [6, 6.07) is 12.3. The molecule has 2 rings (SSSR count). The van der Waals surface area contributed by atoms with Gasteiger partial charge in [0.1, 0.15) is 6.04 Å². The van der Waals surface area contributed by atoms with E-state index in [9.17, 15) is 4.79 Å². The predicted octanol–water partition coefficient (Wildman–Crippen LogP) is 2.38. The summed E-state index contributed by atoms with van der Waals surface area (Å²) in [7, 11) is 0. The lowest BCUT2D eigenvalue weighted by Gasteiger charge is -2.11. The number of aryl methyl sites for hydroxylation is 1. The molecule has 0 saturated heterocycles. The monoisotopic (exact) mass is 251 g/mol. The first-order valence-electron chi connectivity index (χ1n) is 5.88. The zero-order valence-corrected chi connectivity index (χ0v) is 10.5. The van der Waals surface area contributed by atoms with Gasteiger partial charge in [0, 0.05) is 12.4 Å². The van der Waals surface area contributed by atoms with E-state index < -0.39 is 6.04 Å². The van der Waals surface area contributed by atoms with Crippen molar-refractivity contribution < 1.29 is 4.79 Å². The van der Waals surface area contributed by atoms with Crippen molar-refractivity contribution in [1.29, 1.82) is 5.26 Å². The summed E-state index contributed by atoms with van der Waals surface area (Å²) in [4.78, 5) is 16.0. The summed E-state index contributed by atoms with van der Waals surface area (Å²) in [5.41, 5.74) is 2.12. The van der Waals surface area contributed by atoms with Crippen molar-refractivity contribution in [2.24, 2.45) is 0 Å². The van der Waals surface area contributed by atoms with Gasteiger partial charge in [0.15, 0.2) is 0 Å². The summed E-state index contributed by atoms with van der Waals surface area (Å²) < 4.78 is 0. The fraction of sp³-hybridized carbons (Fsp3) is 0.133. The summed E-state index contributed by atoms with van der Waals surface area (Å²) in [6.45, 7) is 1.86. The van der Waals surface area contributed by atoms with Crippen LogP contribution in [-0.2, 0) is 0 Å². The lowest BCUT2D eigenvalue weighted by molar-refractivity contribution is 0.0944. The normalized spacial score (nSPS) is 11.4. The first kappa shape index (κ1) is 12.8. The maximum Gasteiger partial charge on any atom is 0.254 e. The molecule has 0 bridgehead atoms. The number of nitrogens with one attached hydrogen (secondary N) is 1. The Morgan fingerprint density at radius 2 is 2.05 bits per heavy atom. The Morgan fingerprint density at radius 1 is 1.32 bits per heavy atom. The molecule has 0 fully saturated rings. The second-order valence-electron chi connectivity index (χ2n) is 4.20. The second-order valence-corrected chi connectivity index (χ2v) is 4.20. The summed E-state index contributed by atoms with van der Waals surface area (Å²) >= 11 is 0.